The highest BCUT2D eigenvalue weighted by Gasteiger charge is 2.31. The van der Waals surface area contributed by atoms with Crippen molar-refractivity contribution in [1.82, 2.24) is 14.8 Å². The van der Waals surface area contributed by atoms with E-state index in [1.807, 2.05) is 29.9 Å². The highest BCUT2D eigenvalue weighted by molar-refractivity contribution is 6.39. The number of aromatic nitrogens is 1. The van der Waals surface area contributed by atoms with Gasteiger partial charge in [-0.3, -0.25) is 14.5 Å². The van der Waals surface area contributed by atoms with Gasteiger partial charge in [0.25, 0.3) is 0 Å². The summed E-state index contributed by atoms with van der Waals surface area (Å²) in [5.74, 6) is -2.12. The molecule has 1 atom stereocenters. The summed E-state index contributed by atoms with van der Waals surface area (Å²) in [6.07, 6.45) is 1.68. The number of nitrogens with zero attached hydrogens (tertiary/aromatic N) is 2. The van der Waals surface area contributed by atoms with Crippen molar-refractivity contribution in [3.63, 3.8) is 0 Å². The lowest BCUT2D eigenvalue weighted by atomic mass is 10.1. The van der Waals surface area contributed by atoms with Gasteiger partial charge in [0.1, 0.15) is 5.75 Å². The maximum atomic E-state index is 12.4. The van der Waals surface area contributed by atoms with Gasteiger partial charge in [-0.25, -0.2) is 0 Å². The Labute approximate surface area is 184 Å². The van der Waals surface area contributed by atoms with Gasteiger partial charge in [0.15, 0.2) is 0 Å². The van der Waals surface area contributed by atoms with Crippen molar-refractivity contribution < 1.29 is 27.5 Å². The maximum absolute atomic E-state index is 12.4. The minimum absolute atomic E-state index is 0.0661. The van der Waals surface area contributed by atoms with Gasteiger partial charge in [0.2, 0.25) is 0 Å². The SMILES string of the molecule is Cn1cccc1C(CNC(=O)C(=O)Nc1ccc(OC(F)(F)F)cc1)N1CCCCCC1. The van der Waals surface area contributed by atoms with Crippen LogP contribution in [0.3, 0.4) is 0 Å². The van der Waals surface area contributed by atoms with Gasteiger partial charge in [-0.2, -0.15) is 0 Å². The Morgan fingerprint density at radius 1 is 1.03 bits per heavy atom. The van der Waals surface area contributed by atoms with E-state index in [4.69, 9.17) is 0 Å². The fourth-order valence-corrected chi connectivity index (χ4v) is 3.85. The van der Waals surface area contributed by atoms with Gasteiger partial charge >= 0.3 is 18.2 Å². The van der Waals surface area contributed by atoms with Crippen LogP contribution in [-0.4, -0.2) is 47.3 Å². The van der Waals surface area contributed by atoms with Crippen molar-refractivity contribution in [2.24, 2.45) is 7.05 Å². The van der Waals surface area contributed by atoms with Gasteiger partial charge in [0.05, 0.1) is 6.04 Å². The molecule has 1 aromatic heterocycles. The quantitative estimate of drug-likeness (QED) is 0.657. The van der Waals surface area contributed by atoms with E-state index >= 15 is 0 Å². The van der Waals surface area contributed by atoms with Crippen LogP contribution in [0.2, 0.25) is 0 Å². The normalized spacial score (nSPS) is 16.1. The summed E-state index contributed by atoms with van der Waals surface area (Å²) < 4.78 is 42.5. The topological polar surface area (TPSA) is 75.6 Å². The third kappa shape index (κ3) is 6.74. The molecule has 2 aromatic rings. The molecule has 0 aliphatic carbocycles. The van der Waals surface area contributed by atoms with Crippen LogP contribution in [-0.2, 0) is 16.6 Å². The molecule has 0 spiro atoms. The number of nitrogens with one attached hydrogen (secondary N) is 2. The zero-order chi connectivity index (χ0) is 23.1. The molecule has 1 fully saturated rings. The summed E-state index contributed by atoms with van der Waals surface area (Å²) in [5.41, 5.74) is 1.24. The molecule has 1 saturated heterocycles. The molecule has 10 heteroatoms. The number of ether oxygens (including phenoxy) is 1. The number of hydrogen-bond donors (Lipinski definition) is 2. The minimum atomic E-state index is -4.80. The Kier molecular flexibility index (Phi) is 7.79. The first-order chi connectivity index (χ1) is 15.2. The Morgan fingerprint density at radius 2 is 1.69 bits per heavy atom. The molecule has 2 heterocycles. The first kappa shape index (κ1) is 23.6. The van der Waals surface area contributed by atoms with Crippen LogP contribution in [0, 0.1) is 0 Å². The molecule has 0 bridgehead atoms. The van der Waals surface area contributed by atoms with Gasteiger partial charge < -0.3 is 19.9 Å². The molecule has 1 aliphatic rings. The Balaban J connectivity index is 1.59. The fourth-order valence-electron chi connectivity index (χ4n) is 3.85. The fraction of sp³-hybridized carbons (Fsp3) is 0.455. The standard InChI is InChI=1S/C22H27F3N4O3/c1-28-12-6-7-18(28)19(29-13-4-2-3-5-14-29)15-26-20(30)21(31)27-16-8-10-17(11-9-16)32-22(23,24)25/h6-12,19H,2-5,13-15H2,1H3,(H,26,30)(H,27,31). The molecule has 0 radical (unpaired) electrons. The largest absolute Gasteiger partial charge is 0.573 e. The number of rotatable bonds is 6. The van der Waals surface area contributed by atoms with E-state index in [1.54, 1.807) is 0 Å². The molecule has 1 unspecified atom stereocenters. The zero-order valence-corrected chi connectivity index (χ0v) is 17.8. The van der Waals surface area contributed by atoms with E-state index < -0.39 is 23.9 Å². The van der Waals surface area contributed by atoms with E-state index in [-0.39, 0.29) is 18.3 Å². The van der Waals surface area contributed by atoms with Crippen molar-refractivity contribution in [3.05, 3.63) is 48.3 Å². The molecule has 0 saturated carbocycles. The van der Waals surface area contributed by atoms with Gasteiger partial charge in [-0.15, -0.1) is 13.2 Å². The third-order valence-corrected chi connectivity index (χ3v) is 5.41. The van der Waals surface area contributed by atoms with Crippen LogP contribution in [0.1, 0.15) is 37.4 Å². The van der Waals surface area contributed by atoms with Crippen LogP contribution in [0.15, 0.2) is 42.6 Å². The lowest BCUT2D eigenvalue weighted by Crippen LogP contribution is -2.42. The number of benzene rings is 1. The van der Waals surface area contributed by atoms with Crippen LogP contribution in [0.25, 0.3) is 0 Å². The van der Waals surface area contributed by atoms with Crippen molar-refractivity contribution in [3.8, 4) is 5.75 Å². The number of amides is 2. The van der Waals surface area contributed by atoms with Crippen LogP contribution >= 0.6 is 0 Å². The van der Waals surface area contributed by atoms with E-state index in [2.05, 4.69) is 20.3 Å². The molecular formula is C22H27F3N4O3. The van der Waals surface area contributed by atoms with Gasteiger partial charge in [0, 0.05) is 31.2 Å². The summed E-state index contributed by atoms with van der Waals surface area (Å²) in [6.45, 7) is 2.11. The highest BCUT2D eigenvalue weighted by Crippen LogP contribution is 2.25. The average molecular weight is 452 g/mol. The Hall–Kier alpha value is -3.01. The summed E-state index contributed by atoms with van der Waals surface area (Å²) in [7, 11) is 1.95. The Morgan fingerprint density at radius 3 is 2.25 bits per heavy atom. The number of likely N-dealkylation sites (tertiary alicyclic amines) is 1. The number of aryl methyl sites for hydroxylation is 1. The van der Waals surface area contributed by atoms with Crippen molar-refractivity contribution in [1.29, 1.82) is 0 Å². The van der Waals surface area contributed by atoms with E-state index in [0.29, 0.717) is 0 Å². The Bertz CT molecular complexity index is 904. The zero-order valence-electron chi connectivity index (χ0n) is 17.8. The smallest absolute Gasteiger partial charge is 0.406 e. The third-order valence-electron chi connectivity index (χ3n) is 5.41. The van der Waals surface area contributed by atoms with Crippen LogP contribution < -0.4 is 15.4 Å². The molecule has 174 valence electrons. The molecule has 7 nitrogen and oxygen atoms in total. The molecule has 3 rings (SSSR count). The first-order valence-corrected chi connectivity index (χ1v) is 10.5. The van der Waals surface area contributed by atoms with Crippen molar-refractivity contribution >= 4 is 17.5 Å². The molecule has 2 amide bonds. The molecule has 2 N–H and O–H groups in total. The monoisotopic (exact) mass is 452 g/mol. The van der Waals surface area contributed by atoms with E-state index in [1.165, 1.54) is 25.0 Å². The second-order valence-corrected chi connectivity index (χ2v) is 7.75. The second-order valence-electron chi connectivity index (χ2n) is 7.75. The van der Waals surface area contributed by atoms with Gasteiger partial charge in [-0.05, 0) is 62.3 Å². The van der Waals surface area contributed by atoms with E-state index in [9.17, 15) is 22.8 Å². The number of hydrogen-bond acceptors (Lipinski definition) is 4. The lowest BCUT2D eigenvalue weighted by Gasteiger charge is -2.31. The molecule has 32 heavy (non-hydrogen) atoms. The number of alkyl halides is 3. The van der Waals surface area contributed by atoms with E-state index in [0.717, 1.165) is 43.8 Å². The summed E-state index contributed by atoms with van der Waals surface area (Å²) in [6, 6.07) is 8.47. The van der Waals surface area contributed by atoms with Crippen LogP contribution in [0.4, 0.5) is 18.9 Å². The van der Waals surface area contributed by atoms with Gasteiger partial charge in [-0.1, -0.05) is 12.8 Å². The van der Waals surface area contributed by atoms with Crippen LogP contribution in [0.5, 0.6) is 5.75 Å². The summed E-state index contributed by atoms with van der Waals surface area (Å²) >= 11 is 0. The number of anilines is 1. The van der Waals surface area contributed by atoms with Crippen molar-refractivity contribution in [2.45, 2.75) is 38.1 Å². The predicted molar refractivity (Wildman–Crippen MR) is 113 cm³/mol. The predicted octanol–water partition coefficient (Wildman–Crippen LogP) is 3.60. The number of carbonyl (C=O) groups is 2. The first-order valence-electron chi connectivity index (χ1n) is 10.5. The highest BCUT2D eigenvalue weighted by atomic mass is 19.4. The molecule has 1 aromatic carbocycles. The average Bonchev–Trinajstić information content (AvgIpc) is 2.98. The number of halogens is 3. The molecular weight excluding hydrogens is 425 g/mol. The lowest BCUT2D eigenvalue weighted by molar-refractivity contribution is -0.274. The second kappa shape index (κ2) is 10.5. The maximum Gasteiger partial charge on any atom is 0.573 e. The molecule has 1 aliphatic heterocycles. The summed E-state index contributed by atoms with van der Waals surface area (Å²) in [5, 5.41) is 5.08. The minimum Gasteiger partial charge on any atom is -0.406 e. The number of carbonyl (C=O) groups excluding carboxylic acids is 2. The van der Waals surface area contributed by atoms with Crippen molar-refractivity contribution in [2.75, 3.05) is 25.0 Å². The summed E-state index contributed by atoms with van der Waals surface area (Å²) in [4.78, 5) is 27.0.